The summed E-state index contributed by atoms with van der Waals surface area (Å²) in [5.74, 6) is -0.0838. The smallest absolute Gasteiger partial charge is 0.331 e. The minimum Gasteiger partial charge on any atom is -0.493 e. The maximum absolute atomic E-state index is 11.6. The summed E-state index contributed by atoms with van der Waals surface area (Å²) in [7, 11) is 3.02. The zero-order chi connectivity index (χ0) is 17.1. The summed E-state index contributed by atoms with van der Waals surface area (Å²) in [5, 5.41) is 10.8. The molecule has 1 aromatic carbocycles. The number of amides is 1. The van der Waals surface area contributed by atoms with Crippen LogP contribution in [0.15, 0.2) is 24.3 Å². The van der Waals surface area contributed by atoms with Gasteiger partial charge in [-0.1, -0.05) is 12.1 Å². The van der Waals surface area contributed by atoms with E-state index in [4.69, 9.17) is 19.5 Å². The van der Waals surface area contributed by atoms with Gasteiger partial charge in [-0.25, -0.2) is 4.79 Å². The van der Waals surface area contributed by atoms with E-state index in [0.29, 0.717) is 17.1 Å². The van der Waals surface area contributed by atoms with E-state index in [1.165, 1.54) is 26.4 Å². The van der Waals surface area contributed by atoms with E-state index in [1.807, 2.05) is 6.07 Å². The summed E-state index contributed by atoms with van der Waals surface area (Å²) in [4.78, 5) is 22.9. The van der Waals surface area contributed by atoms with E-state index in [0.717, 1.165) is 0 Å². The number of rotatable bonds is 8. The topological polar surface area (TPSA) is 97.6 Å². The van der Waals surface area contributed by atoms with Crippen molar-refractivity contribution in [2.45, 2.75) is 6.42 Å². The molecule has 122 valence electrons. The second kappa shape index (κ2) is 9.84. The van der Waals surface area contributed by atoms with Crippen LogP contribution in [-0.4, -0.2) is 39.2 Å². The van der Waals surface area contributed by atoms with Gasteiger partial charge in [-0.2, -0.15) is 5.26 Å². The van der Waals surface area contributed by atoms with Gasteiger partial charge in [0.25, 0.3) is 5.91 Å². The highest BCUT2D eigenvalue weighted by atomic mass is 16.5. The van der Waals surface area contributed by atoms with Crippen LogP contribution in [0.4, 0.5) is 0 Å². The lowest BCUT2D eigenvalue weighted by atomic mass is 10.1. The Bertz CT molecular complexity index is 619. The number of nitrogens with one attached hydrogen (secondary N) is 1. The maximum atomic E-state index is 11.6. The predicted molar refractivity (Wildman–Crippen MR) is 82.8 cm³/mol. The summed E-state index contributed by atoms with van der Waals surface area (Å²) < 4.78 is 15.2. The normalized spacial score (nSPS) is 9.96. The minimum atomic E-state index is -0.662. The molecule has 0 fully saturated rings. The highest BCUT2D eigenvalue weighted by molar-refractivity contribution is 5.89. The van der Waals surface area contributed by atoms with Crippen LogP contribution in [-0.2, 0) is 14.3 Å². The van der Waals surface area contributed by atoms with Gasteiger partial charge >= 0.3 is 5.97 Å². The Hall–Kier alpha value is -3.01. The predicted octanol–water partition coefficient (Wildman–Crippen LogP) is 1.29. The first-order chi connectivity index (χ1) is 11.1. The Kier molecular flexibility index (Phi) is 7.72. The van der Waals surface area contributed by atoms with E-state index in [9.17, 15) is 9.59 Å². The SMILES string of the molecule is COc1cccc(/C=C/C(=O)OCC(=O)NCCC#N)c1OC. The molecule has 0 aliphatic heterocycles. The van der Waals surface area contributed by atoms with Crippen LogP contribution in [0.5, 0.6) is 11.5 Å². The number of carbonyl (C=O) groups excluding carboxylic acids is 2. The summed E-state index contributed by atoms with van der Waals surface area (Å²) in [6.45, 7) is -0.173. The number of benzene rings is 1. The Labute approximate surface area is 134 Å². The second-order valence-corrected chi connectivity index (χ2v) is 4.28. The lowest BCUT2D eigenvalue weighted by molar-refractivity contribution is -0.143. The van der Waals surface area contributed by atoms with Crippen LogP contribution in [0.2, 0.25) is 0 Å². The molecule has 0 aromatic heterocycles. The molecule has 1 rings (SSSR count). The van der Waals surface area contributed by atoms with E-state index in [-0.39, 0.29) is 13.0 Å². The zero-order valence-corrected chi connectivity index (χ0v) is 13.0. The summed E-state index contributed by atoms with van der Waals surface area (Å²) in [5.41, 5.74) is 0.641. The lowest BCUT2D eigenvalue weighted by Crippen LogP contribution is -2.29. The minimum absolute atomic E-state index is 0.204. The molecular weight excluding hydrogens is 300 g/mol. The number of hydrogen-bond acceptors (Lipinski definition) is 6. The average molecular weight is 318 g/mol. The fourth-order valence-electron chi connectivity index (χ4n) is 1.69. The van der Waals surface area contributed by atoms with Gasteiger partial charge in [0, 0.05) is 18.2 Å². The number of ether oxygens (including phenoxy) is 3. The number of para-hydroxylation sites is 1. The first-order valence-electron chi connectivity index (χ1n) is 6.81. The summed E-state index contributed by atoms with van der Waals surface area (Å²) >= 11 is 0. The van der Waals surface area contributed by atoms with Crippen molar-refractivity contribution in [3.8, 4) is 17.6 Å². The molecule has 0 aliphatic rings. The van der Waals surface area contributed by atoms with E-state index in [2.05, 4.69) is 5.32 Å². The first kappa shape index (κ1) is 18.0. The third kappa shape index (κ3) is 6.09. The molecular formula is C16H18N2O5. The van der Waals surface area contributed by atoms with Gasteiger partial charge in [0.05, 0.1) is 26.7 Å². The van der Waals surface area contributed by atoms with Gasteiger partial charge in [0.1, 0.15) is 0 Å². The molecule has 1 N–H and O–H groups in total. The van der Waals surface area contributed by atoms with Crippen molar-refractivity contribution in [1.29, 1.82) is 5.26 Å². The number of nitrogens with zero attached hydrogens (tertiary/aromatic N) is 1. The van der Waals surface area contributed by atoms with Crippen LogP contribution < -0.4 is 14.8 Å². The van der Waals surface area contributed by atoms with Gasteiger partial charge in [0.2, 0.25) is 0 Å². The van der Waals surface area contributed by atoms with Crippen molar-refractivity contribution >= 4 is 18.0 Å². The molecule has 7 heteroatoms. The lowest BCUT2D eigenvalue weighted by Gasteiger charge is -2.09. The van der Waals surface area contributed by atoms with Crippen LogP contribution in [0.3, 0.4) is 0 Å². The number of esters is 1. The molecule has 0 aliphatic carbocycles. The van der Waals surface area contributed by atoms with Crippen molar-refractivity contribution in [1.82, 2.24) is 5.32 Å². The molecule has 0 bridgehead atoms. The van der Waals surface area contributed by atoms with Crippen molar-refractivity contribution in [3.05, 3.63) is 29.8 Å². The summed E-state index contributed by atoms with van der Waals surface area (Å²) in [6.07, 6.45) is 2.91. The molecule has 0 unspecified atom stereocenters. The van der Waals surface area contributed by atoms with Gasteiger partial charge in [-0.3, -0.25) is 4.79 Å². The van der Waals surface area contributed by atoms with Crippen LogP contribution in [0.25, 0.3) is 6.08 Å². The number of methoxy groups -OCH3 is 2. The van der Waals surface area contributed by atoms with Crippen LogP contribution >= 0.6 is 0 Å². The number of hydrogen-bond donors (Lipinski definition) is 1. The standard InChI is InChI=1S/C16H18N2O5/c1-21-13-6-3-5-12(16(13)22-2)7-8-15(20)23-11-14(19)18-10-4-9-17/h3,5-8H,4,10-11H2,1-2H3,(H,18,19)/b8-7+. The molecule has 0 heterocycles. The van der Waals surface area contributed by atoms with Gasteiger partial charge in [-0.05, 0) is 12.1 Å². The highest BCUT2D eigenvalue weighted by Crippen LogP contribution is 2.31. The van der Waals surface area contributed by atoms with Crippen molar-refractivity contribution in [2.24, 2.45) is 0 Å². The Morgan fingerprint density at radius 2 is 2.09 bits per heavy atom. The zero-order valence-electron chi connectivity index (χ0n) is 13.0. The van der Waals surface area contributed by atoms with Crippen LogP contribution in [0, 0.1) is 11.3 Å². The monoisotopic (exact) mass is 318 g/mol. The number of nitriles is 1. The van der Waals surface area contributed by atoms with E-state index < -0.39 is 18.5 Å². The molecule has 0 radical (unpaired) electrons. The Balaban J connectivity index is 2.56. The van der Waals surface area contributed by atoms with E-state index >= 15 is 0 Å². The highest BCUT2D eigenvalue weighted by Gasteiger charge is 2.08. The van der Waals surface area contributed by atoms with E-state index in [1.54, 1.807) is 18.2 Å². The Morgan fingerprint density at radius 1 is 1.30 bits per heavy atom. The second-order valence-electron chi connectivity index (χ2n) is 4.28. The molecule has 23 heavy (non-hydrogen) atoms. The molecule has 0 atom stereocenters. The molecule has 1 amide bonds. The molecule has 7 nitrogen and oxygen atoms in total. The molecule has 0 spiro atoms. The fourth-order valence-corrected chi connectivity index (χ4v) is 1.69. The van der Waals surface area contributed by atoms with Crippen molar-refractivity contribution in [3.63, 3.8) is 0 Å². The molecule has 0 saturated carbocycles. The van der Waals surface area contributed by atoms with Crippen LogP contribution in [0.1, 0.15) is 12.0 Å². The average Bonchev–Trinajstić information content (AvgIpc) is 2.57. The summed E-state index contributed by atoms with van der Waals surface area (Å²) in [6, 6.07) is 7.14. The first-order valence-corrected chi connectivity index (χ1v) is 6.81. The van der Waals surface area contributed by atoms with Crippen molar-refractivity contribution in [2.75, 3.05) is 27.4 Å². The largest absolute Gasteiger partial charge is 0.493 e. The maximum Gasteiger partial charge on any atom is 0.331 e. The molecule has 0 saturated heterocycles. The molecule has 1 aromatic rings. The number of carbonyl (C=O) groups is 2. The quantitative estimate of drug-likeness (QED) is 0.440. The Morgan fingerprint density at radius 3 is 2.74 bits per heavy atom. The third-order valence-electron chi connectivity index (χ3n) is 2.74. The third-order valence-corrected chi connectivity index (χ3v) is 2.74. The fraction of sp³-hybridized carbons (Fsp3) is 0.312. The van der Waals surface area contributed by atoms with Crippen molar-refractivity contribution < 1.29 is 23.8 Å². The van der Waals surface area contributed by atoms with Gasteiger partial charge in [0.15, 0.2) is 18.1 Å². The van der Waals surface area contributed by atoms with Gasteiger partial charge in [-0.15, -0.1) is 0 Å². The van der Waals surface area contributed by atoms with Gasteiger partial charge < -0.3 is 19.5 Å².